The van der Waals surface area contributed by atoms with Gasteiger partial charge < -0.3 is 20.5 Å². The highest BCUT2D eigenvalue weighted by molar-refractivity contribution is 5.92. The van der Waals surface area contributed by atoms with E-state index in [1.165, 1.54) is 0 Å². The fourth-order valence-corrected chi connectivity index (χ4v) is 1.64. The molecule has 18 heavy (non-hydrogen) atoms. The molecular formula is C13H20N2O3. The van der Waals surface area contributed by atoms with E-state index in [0.717, 1.165) is 5.69 Å². The highest BCUT2D eigenvalue weighted by Gasteiger charge is 2.11. The molecule has 0 radical (unpaired) electrons. The minimum Gasteiger partial charge on any atom is -0.462 e. The summed E-state index contributed by atoms with van der Waals surface area (Å²) in [5.74, 6) is -0.352. The molecule has 0 aromatic heterocycles. The van der Waals surface area contributed by atoms with E-state index in [0.29, 0.717) is 30.8 Å². The van der Waals surface area contributed by atoms with Crippen molar-refractivity contribution in [2.75, 3.05) is 37.4 Å². The van der Waals surface area contributed by atoms with Crippen LogP contribution in [0.5, 0.6) is 0 Å². The maximum Gasteiger partial charge on any atom is 0.338 e. The van der Waals surface area contributed by atoms with Crippen molar-refractivity contribution >= 4 is 17.3 Å². The van der Waals surface area contributed by atoms with Gasteiger partial charge in [0.05, 0.1) is 23.5 Å². The summed E-state index contributed by atoms with van der Waals surface area (Å²) in [6.45, 7) is 2.91. The number of nitrogen functional groups attached to an aromatic ring is 1. The van der Waals surface area contributed by atoms with Gasteiger partial charge in [0.2, 0.25) is 0 Å². The molecule has 0 aliphatic carbocycles. The second-order valence-electron chi connectivity index (χ2n) is 3.99. The molecule has 0 fully saturated rings. The van der Waals surface area contributed by atoms with E-state index >= 15 is 0 Å². The Hall–Kier alpha value is -1.75. The van der Waals surface area contributed by atoms with Gasteiger partial charge in [-0.25, -0.2) is 4.79 Å². The summed E-state index contributed by atoms with van der Waals surface area (Å²) < 4.78 is 4.95. The molecule has 0 unspecified atom stereocenters. The summed E-state index contributed by atoms with van der Waals surface area (Å²) in [5.41, 5.74) is 7.74. The molecule has 5 heteroatoms. The first kappa shape index (κ1) is 14.3. The Morgan fingerprint density at radius 3 is 2.83 bits per heavy atom. The molecule has 0 spiro atoms. The number of carbonyl (C=O) groups excluding carboxylic acids is 1. The van der Waals surface area contributed by atoms with Crippen LogP contribution in [-0.4, -0.2) is 37.9 Å². The number of anilines is 2. The van der Waals surface area contributed by atoms with Crippen LogP contribution >= 0.6 is 0 Å². The molecule has 0 bridgehead atoms. The van der Waals surface area contributed by atoms with Gasteiger partial charge in [-0.15, -0.1) is 0 Å². The number of nitrogens with two attached hydrogens (primary N) is 1. The number of ether oxygens (including phenoxy) is 1. The Labute approximate surface area is 107 Å². The average molecular weight is 252 g/mol. The molecular weight excluding hydrogens is 232 g/mol. The van der Waals surface area contributed by atoms with Crippen LogP contribution in [0.2, 0.25) is 0 Å². The second-order valence-corrected chi connectivity index (χ2v) is 3.99. The number of hydrogen-bond acceptors (Lipinski definition) is 5. The first-order chi connectivity index (χ1) is 8.60. The zero-order valence-corrected chi connectivity index (χ0v) is 10.8. The van der Waals surface area contributed by atoms with E-state index in [2.05, 4.69) is 0 Å². The Kier molecular flexibility index (Phi) is 5.45. The number of aliphatic hydroxyl groups excluding tert-OH is 1. The molecule has 0 saturated carbocycles. The lowest BCUT2D eigenvalue weighted by Gasteiger charge is -2.21. The van der Waals surface area contributed by atoms with Crippen molar-refractivity contribution < 1.29 is 14.6 Å². The number of esters is 1. The van der Waals surface area contributed by atoms with Gasteiger partial charge in [0.15, 0.2) is 0 Å². The molecule has 0 amide bonds. The van der Waals surface area contributed by atoms with Gasteiger partial charge in [0, 0.05) is 20.2 Å². The van der Waals surface area contributed by atoms with Crippen molar-refractivity contribution in [3.05, 3.63) is 23.8 Å². The van der Waals surface area contributed by atoms with E-state index in [1.54, 1.807) is 25.1 Å². The maximum absolute atomic E-state index is 11.6. The summed E-state index contributed by atoms with van der Waals surface area (Å²) in [4.78, 5) is 13.5. The Bertz CT molecular complexity index is 407. The van der Waals surface area contributed by atoms with Crippen LogP contribution in [0.1, 0.15) is 23.7 Å². The summed E-state index contributed by atoms with van der Waals surface area (Å²) in [7, 11) is 1.87. The minimum absolute atomic E-state index is 0.127. The second kappa shape index (κ2) is 6.86. The van der Waals surface area contributed by atoms with Gasteiger partial charge in [-0.3, -0.25) is 0 Å². The summed E-state index contributed by atoms with van der Waals surface area (Å²) in [5, 5.41) is 8.81. The van der Waals surface area contributed by atoms with Gasteiger partial charge >= 0.3 is 5.97 Å². The molecule has 3 N–H and O–H groups in total. The molecule has 0 heterocycles. The smallest absolute Gasteiger partial charge is 0.338 e. The van der Waals surface area contributed by atoms with E-state index in [-0.39, 0.29) is 12.6 Å². The normalized spacial score (nSPS) is 10.2. The lowest BCUT2D eigenvalue weighted by Crippen LogP contribution is -2.21. The summed E-state index contributed by atoms with van der Waals surface area (Å²) in [6, 6.07) is 5.05. The molecule has 1 aromatic rings. The van der Waals surface area contributed by atoms with E-state index < -0.39 is 0 Å². The predicted octanol–water partition coefficient (Wildman–Crippen LogP) is 1.26. The van der Waals surface area contributed by atoms with Crippen LogP contribution in [0.3, 0.4) is 0 Å². The molecule has 5 nitrogen and oxygen atoms in total. The van der Waals surface area contributed by atoms with Crippen molar-refractivity contribution in [2.24, 2.45) is 0 Å². The van der Waals surface area contributed by atoms with E-state index in [4.69, 9.17) is 15.6 Å². The highest BCUT2D eigenvalue weighted by atomic mass is 16.5. The lowest BCUT2D eigenvalue weighted by atomic mass is 10.1. The molecule has 0 aliphatic heterocycles. The molecule has 1 aromatic carbocycles. The first-order valence-corrected chi connectivity index (χ1v) is 5.98. The van der Waals surface area contributed by atoms with Gasteiger partial charge in [0.1, 0.15) is 0 Å². The van der Waals surface area contributed by atoms with Gasteiger partial charge in [0.25, 0.3) is 0 Å². The topological polar surface area (TPSA) is 75.8 Å². The Morgan fingerprint density at radius 2 is 2.22 bits per heavy atom. The standard InChI is InChI=1S/C13H20N2O3/c1-3-18-13(17)10-5-6-11(14)12(9-10)15(2)7-4-8-16/h5-6,9,16H,3-4,7-8,14H2,1-2H3. The molecule has 0 saturated heterocycles. The third-order valence-electron chi connectivity index (χ3n) is 2.60. The molecule has 100 valence electrons. The monoisotopic (exact) mass is 252 g/mol. The molecule has 1 rings (SSSR count). The summed E-state index contributed by atoms with van der Waals surface area (Å²) in [6.07, 6.45) is 0.652. The summed E-state index contributed by atoms with van der Waals surface area (Å²) >= 11 is 0. The van der Waals surface area contributed by atoms with Crippen molar-refractivity contribution in [1.82, 2.24) is 0 Å². The van der Waals surface area contributed by atoms with Crippen LogP contribution in [0, 0.1) is 0 Å². The van der Waals surface area contributed by atoms with Crippen molar-refractivity contribution in [1.29, 1.82) is 0 Å². The Morgan fingerprint density at radius 1 is 1.50 bits per heavy atom. The first-order valence-electron chi connectivity index (χ1n) is 5.98. The largest absolute Gasteiger partial charge is 0.462 e. The number of nitrogens with zero attached hydrogens (tertiary/aromatic N) is 1. The Balaban J connectivity index is 2.90. The quantitative estimate of drug-likeness (QED) is 0.589. The number of hydrogen-bond donors (Lipinski definition) is 2. The van der Waals surface area contributed by atoms with Crippen LogP contribution < -0.4 is 10.6 Å². The number of carbonyl (C=O) groups is 1. The lowest BCUT2D eigenvalue weighted by molar-refractivity contribution is 0.0526. The highest BCUT2D eigenvalue weighted by Crippen LogP contribution is 2.24. The SMILES string of the molecule is CCOC(=O)c1ccc(N)c(N(C)CCCO)c1. The maximum atomic E-state index is 11.6. The fourth-order valence-electron chi connectivity index (χ4n) is 1.64. The third kappa shape index (κ3) is 3.63. The van der Waals surface area contributed by atoms with E-state index in [9.17, 15) is 4.79 Å². The molecule has 0 atom stereocenters. The van der Waals surface area contributed by atoms with Crippen LogP contribution in [-0.2, 0) is 4.74 Å². The van der Waals surface area contributed by atoms with Gasteiger partial charge in [-0.05, 0) is 31.5 Å². The number of rotatable bonds is 6. The van der Waals surface area contributed by atoms with Crippen molar-refractivity contribution in [3.63, 3.8) is 0 Å². The number of benzene rings is 1. The van der Waals surface area contributed by atoms with Crippen molar-refractivity contribution in [3.8, 4) is 0 Å². The van der Waals surface area contributed by atoms with Crippen LogP contribution in [0.25, 0.3) is 0 Å². The minimum atomic E-state index is -0.352. The van der Waals surface area contributed by atoms with E-state index in [1.807, 2.05) is 11.9 Å². The zero-order valence-electron chi connectivity index (χ0n) is 10.8. The zero-order chi connectivity index (χ0) is 13.5. The third-order valence-corrected chi connectivity index (χ3v) is 2.60. The predicted molar refractivity (Wildman–Crippen MR) is 71.8 cm³/mol. The molecule has 0 aliphatic rings. The van der Waals surface area contributed by atoms with Crippen molar-refractivity contribution in [2.45, 2.75) is 13.3 Å². The van der Waals surface area contributed by atoms with Gasteiger partial charge in [-0.1, -0.05) is 0 Å². The van der Waals surface area contributed by atoms with Crippen LogP contribution in [0.15, 0.2) is 18.2 Å². The fraction of sp³-hybridized carbons (Fsp3) is 0.462. The average Bonchev–Trinajstić information content (AvgIpc) is 2.36. The van der Waals surface area contributed by atoms with Gasteiger partial charge in [-0.2, -0.15) is 0 Å². The van der Waals surface area contributed by atoms with Crippen LogP contribution in [0.4, 0.5) is 11.4 Å². The number of aliphatic hydroxyl groups is 1.